The monoisotopic (exact) mass is 313 g/mol. The van der Waals surface area contributed by atoms with E-state index in [9.17, 15) is 4.79 Å². The summed E-state index contributed by atoms with van der Waals surface area (Å²) in [6, 6.07) is 23.0. The molecule has 0 aliphatic carbocycles. The van der Waals surface area contributed by atoms with E-state index >= 15 is 0 Å². The Morgan fingerprint density at radius 2 is 1.42 bits per heavy atom. The number of hydrogen-bond donors (Lipinski definition) is 0. The summed E-state index contributed by atoms with van der Waals surface area (Å²) in [4.78, 5) is 17.1. The molecule has 1 aliphatic heterocycles. The lowest BCUT2D eigenvalue weighted by Gasteiger charge is -2.14. The standard InChI is InChI=1S/C20H15N3O/c24-20-18(15-7-3-1-4-8-15)19(16-11-13-21-14-12-16)22-23(20)17-9-5-2-6-10-17/h1-14,18H/t18-/m0/s1. The van der Waals surface area contributed by atoms with Gasteiger partial charge in [-0.3, -0.25) is 9.78 Å². The molecule has 116 valence electrons. The molecule has 1 amide bonds. The lowest BCUT2D eigenvalue weighted by Crippen LogP contribution is -2.26. The Bertz CT molecular complexity index is 877. The van der Waals surface area contributed by atoms with Gasteiger partial charge in [0.2, 0.25) is 0 Å². The molecule has 0 saturated heterocycles. The van der Waals surface area contributed by atoms with Gasteiger partial charge in [0.1, 0.15) is 5.92 Å². The smallest absolute Gasteiger partial charge is 0.261 e. The quantitative estimate of drug-likeness (QED) is 0.741. The van der Waals surface area contributed by atoms with Gasteiger partial charge >= 0.3 is 0 Å². The van der Waals surface area contributed by atoms with Gasteiger partial charge < -0.3 is 0 Å². The zero-order chi connectivity index (χ0) is 16.4. The highest BCUT2D eigenvalue weighted by Crippen LogP contribution is 2.32. The summed E-state index contributed by atoms with van der Waals surface area (Å²) < 4.78 is 0. The minimum atomic E-state index is -0.409. The zero-order valence-electron chi connectivity index (χ0n) is 12.9. The Balaban J connectivity index is 1.83. The second-order valence-electron chi connectivity index (χ2n) is 5.55. The van der Waals surface area contributed by atoms with Crippen molar-refractivity contribution in [3.8, 4) is 0 Å². The van der Waals surface area contributed by atoms with Gasteiger partial charge in [-0.05, 0) is 29.8 Å². The van der Waals surface area contributed by atoms with Gasteiger partial charge in [-0.2, -0.15) is 10.1 Å². The van der Waals surface area contributed by atoms with E-state index in [1.54, 1.807) is 12.4 Å². The number of hydrazone groups is 1. The van der Waals surface area contributed by atoms with Crippen LogP contribution < -0.4 is 5.01 Å². The maximum absolute atomic E-state index is 13.1. The van der Waals surface area contributed by atoms with Crippen LogP contribution in [0.5, 0.6) is 0 Å². The normalized spacial score (nSPS) is 17.0. The van der Waals surface area contributed by atoms with Crippen molar-refractivity contribution in [1.29, 1.82) is 0 Å². The molecule has 2 aromatic carbocycles. The SMILES string of the molecule is O=C1[C@@H](c2ccccc2)C(c2ccncc2)=NN1c1ccccc1. The minimum absolute atomic E-state index is 0.0424. The van der Waals surface area contributed by atoms with Crippen LogP contribution in [0.15, 0.2) is 90.3 Å². The molecule has 1 aromatic heterocycles. The molecule has 1 atom stereocenters. The molecule has 0 fully saturated rings. The van der Waals surface area contributed by atoms with Crippen molar-refractivity contribution in [3.05, 3.63) is 96.3 Å². The largest absolute Gasteiger partial charge is 0.271 e. The van der Waals surface area contributed by atoms with Crippen LogP contribution in [0.4, 0.5) is 5.69 Å². The maximum Gasteiger partial charge on any atom is 0.261 e. The van der Waals surface area contributed by atoms with E-state index in [0.29, 0.717) is 0 Å². The van der Waals surface area contributed by atoms with E-state index in [4.69, 9.17) is 0 Å². The second kappa shape index (κ2) is 6.08. The summed E-state index contributed by atoms with van der Waals surface area (Å²) >= 11 is 0. The predicted molar refractivity (Wildman–Crippen MR) is 93.9 cm³/mol. The summed E-state index contributed by atoms with van der Waals surface area (Å²) in [6.45, 7) is 0. The van der Waals surface area contributed by atoms with Crippen molar-refractivity contribution in [3.63, 3.8) is 0 Å². The number of carbonyl (C=O) groups is 1. The number of rotatable bonds is 3. The minimum Gasteiger partial charge on any atom is -0.271 e. The van der Waals surface area contributed by atoms with E-state index in [2.05, 4.69) is 10.1 Å². The van der Waals surface area contributed by atoms with Crippen molar-refractivity contribution in [1.82, 2.24) is 4.98 Å². The summed E-state index contributed by atoms with van der Waals surface area (Å²) in [5, 5.41) is 6.13. The third kappa shape index (κ3) is 2.48. The zero-order valence-corrected chi connectivity index (χ0v) is 12.9. The molecule has 2 heterocycles. The first-order valence-electron chi connectivity index (χ1n) is 7.77. The predicted octanol–water partition coefficient (Wildman–Crippen LogP) is 3.62. The van der Waals surface area contributed by atoms with Gasteiger partial charge in [0.15, 0.2) is 0 Å². The molecular weight excluding hydrogens is 298 g/mol. The fourth-order valence-electron chi connectivity index (χ4n) is 2.90. The average molecular weight is 313 g/mol. The fourth-order valence-corrected chi connectivity index (χ4v) is 2.90. The Hall–Kier alpha value is -3.27. The molecule has 0 radical (unpaired) electrons. The molecule has 0 bridgehead atoms. The number of amides is 1. The molecule has 0 unspecified atom stereocenters. The molecule has 0 N–H and O–H groups in total. The summed E-state index contributed by atoms with van der Waals surface area (Å²) in [7, 11) is 0. The Morgan fingerprint density at radius 1 is 0.792 bits per heavy atom. The van der Waals surface area contributed by atoms with Gasteiger partial charge in [-0.1, -0.05) is 48.5 Å². The van der Waals surface area contributed by atoms with Crippen LogP contribution in [0.25, 0.3) is 0 Å². The lowest BCUT2D eigenvalue weighted by molar-refractivity contribution is -0.118. The van der Waals surface area contributed by atoms with Gasteiger partial charge in [-0.15, -0.1) is 0 Å². The highest BCUT2D eigenvalue weighted by molar-refractivity contribution is 6.25. The van der Waals surface area contributed by atoms with Crippen molar-refractivity contribution in [2.75, 3.05) is 5.01 Å². The lowest BCUT2D eigenvalue weighted by atomic mass is 9.90. The number of hydrogen-bond acceptors (Lipinski definition) is 3. The molecule has 4 nitrogen and oxygen atoms in total. The molecule has 24 heavy (non-hydrogen) atoms. The van der Waals surface area contributed by atoms with Gasteiger partial charge in [0, 0.05) is 18.0 Å². The molecule has 4 heteroatoms. The number of carbonyl (C=O) groups excluding carboxylic acids is 1. The number of aromatic nitrogens is 1. The van der Waals surface area contributed by atoms with Crippen LogP contribution in [0.1, 0.15) is 17.0 Å². The molecule has 3 aromatic rings. The molecule has 0 spiro atoms. The summed E-state index contributed by atoms with van der Waals surface area (Å²) in [5.74, 6) is -0.451. The number of anilines is 1. The van der Waals surface area contributed by atoms with E-state index in [0.717, 1.165) is 22.5 Å². The van der Waals surface area contributed by atoms with Gasteiger partial charge in [0.05, 0.1) is 11.4 Å². The number of benzene rings is 2. The van der Waals surface area contributed by atoms with Crippen LogP contribution in [-0.4, -0.2) is 16.6 Å². The number of para-hydroxylation sites is 1. The molecule has 4 rings (SSSR count). The highest BCUT2D eigenvalue weighted by Gasteiger charge is 2.38. The first kappa shape index (κ1) is 14.3. The van der Waals surface area contributed by atoms with Crippen LogP contribution in [0.2, 0.25) is 0 Å². The second-order valence-corrected chi connectivity index (χ2v) is 5.55. The first-order chi connectivity index (χ1) is 11.8. The van der Waals surface area contributed by atoms with E-state index in [-0.39, 0.29) is 5.91 Å². The first-order valence-corrected chi connectivity index (χ1v) is 7.77. The van der Waals surface area contributed by atoms with E-state index < -0.39 is 5.92 Å². The Labute approximate surface area is 140 Å². The summed E-state index contributed by atoms with van der Waals surface area (Å²) in [5.41, 5.74) is 3.37. The summed E-state index contributed by atoms with van der Waals surface area (Å²) in [6.07, 6.45) is 3.44. The fraction of sp³-hybridized carbons (Fsp3) is 0.0500. The van der Waals surface area contributed by atoms with Crippen molar-refractivity contribution >= 4 is 17.3 Å². The number of nitrogens with zero attached hydrogens (tertiary/aromatic N) is 3. The Morgan fingerprint density at radius 3 is 2.08 bits per heavy atom. The van der Waals surface area contributed by atoms with Crippen LogP contribution in [0, 0.1) is 0 Å². The van der Waals surface area contributed by atoms with Crippen molar-refractivity contribution < 1.29 is 4.79 Å². The van der Waals surface area contributed by atoms with Crippen molar-refractivity contribution in [2.45, 2.75) is 5.92 Å². The molecule has 1 aliphatic rings. The third-order valence-electron chi connectivity index (χ3n) is 4.05. The van der Waals surface area contributed by atoms with Crippen LogP contribution in [0.3, 0.4) is 0 Å². The Kier molecular flexibility index (Phi) is 3.63. The number of pyridine rings is 1. The molecular formula is C20H15N3O. The average Bonchev–Trinajstić information content (AvgIpc) is 3.01. The van der Waals surface area contributed by atoms with Gasteiger partial charge in [-0.25, -0.2) is 0 Å². The maximum atomic E-state index is 13.1. The van der Waals surface area contributed by atoms with E-state index in [1.807, 2.05) is 72.8 Å². The van der Waals surface area contributed by atoms with Crippen LogP contribution >= 0.6 is 0 Å². The van der Waals surface area contributed by atoms with Crippen molar-refractivity contribution in [2.24, 2.45) is 5.10 Å². The third-order valence-corrected chi connectivity index (χ3v) is 4.05. The van der Waals surface area contributed by atoms with Gasteiger partial charge in [0.25, 0.3) is 5.91 Å². The topological polar surface area (TPSA) is 45.6 Å². The molecule has 0 saturated carbocycles. The highest BCUT2D eigenvalue weighted by atomic mass is 16.2. The van der Waals surface area contributed by atoms with E-state index in [1.165, 1.54) is 5.01 Å². The van der Waals surface area contributed by atoms with Crippen LogP contribution in [-0.2, 0) is 4.79 Å².